The maximum absolute atomic E-state index is 12.2. The number of aliphatic hydroxyl groups excluding tert-OH is 1. The van der Waals surface area contributed by atoms with Crippen molar-refractivity contribution in [2.75, 3.05) is 25.5 Å². The molecule has 1 unspecified atom stereocenters. The first kappa shape index (κ1) is 19.4. The fourth-order valence-corrected chi connectivity index (χ4v) is 2.28. The Bertz CT molecular complexity index is 719. The Morgan fingerprint density at radius 2 is 1.77 bits per heavy atom. The molecule has 0 saturated carbocycles. The quantitative estimate of drug-likeness (QED) is 0.601. The lowest BCUT2D eigenvalue weighted by Crippen LogP contribution is -2.39. The highest BCUT2D eigenvalue weighted by molar-refractivity contribution is 5.95. The zero-order chi connectivity index (χ0) is 18.9. The van der Waals surface area contributed by atoms with Gasteiger partial charge in [0.2, 0.25) is 0 Å². The third-order valence-corrected chi connectivity index (χ3v) is 3.80. The molecule has 2 aromatic carbocycles. The van der Waals surface area contributed by atoms with Gasteiger partial charge in [0.15, 0.2) is 0 Å². The normalized spacial score (nSPS) is 11.5. The number of hydrogen-bond donors (Lipinski definition) is 4. The van der Waals surface area contributed by atoms with Crippen molar-refractivity contribution in [2.45, 2.75) is 12.6 Å². The molecular formula is C19H24N4O3. The highest BCUT2D eigenvalue weighted by Crippen LogP contribution is 2.11. The molecule has 0 saturated heterocycles. The number of urea groups is 1. The summed E-state index contributed by atoms with van der Waals surface area (Å²) in [6, 6.07) is 15.9. The molecule has 5 N–H and O–H groups in total. The van der Waals surface area contributed by atoms with Crippen LogP contribution in [0, 0.1) is 0 Å². The fourth-order valence-electron chi connectivity index (χ4n) is 2.28. The monoisotopic (exact) mass is 356 g/mol. The number of amides is 3. The zero-order valence-electron chi connectivity index (χ0n) is 14.7. The lowest BCUT2D eigenvalue weighted by molar-refractivity contribution is 0.0951. The first-order valence-corrected chi connectivity index (χ1v) is 8.32. The van der Waals surface area contributed by atoms with E-state index < -0.39 is 6.10 Å². The van der Waals surface area contributed by atoms with Gasteiger partial charge < -0.3 is 26.4 Å². The summed E-state index contributed by atoms with van der Waals surface area (Å²) in [6.07, 6.45) is -0.763. The topological polar surface area (TPSA) is 108 Å². The molecule has 0 fully saturated rings. The zero-order valence-corrected chi connectivity index (χ0v) is 14.7. The lowest BCUT2D eigenvalue weighted by Gasteiger charge is -2.20. The van der Waals surface area contributed by atoms with E-state index in [1.807, 2.05) is 30.3 Å². The molecule has 138 valence electrons. The van der Waals surface area contributed by atoms with Crippen LogP contribution in [0.3, 0.4) is 0 Å². The number of carbonyl (C=O) groups excluding carboxylic acids is 2. The van der Waals surface area contributed by atoms with E-state index in [4.69, 9.17) is 5.73 Å². The highest BCUT2D eigenvalue weighted by Gasteiger charge is 2.13. The van der Waals surface area contributed by atoms with Crippen LogP contribution in [-0.2, 0) is 6.54 Å². The van der Waals surface area contributed by atoms with Crippen molar-refractivity contribution >= 4 is 17.6 Å². The van der Waals surface area contributed by atoms with E-state index in [1.54, 1.807) is 31.3 Å². The predicted molar refractivity (Wildman–Crippen MR) is 101 cm³/mol. The lowest BCUT2D eigenvalue weighted by atomic mass is 10.2. The van der Waals surface area contributed by atoms with Gasteiger partial charge in [-0.1, -0.05) is 30.3 Å². The van der Waals surface area contributed by atoms with Crippen LogP contribution < -0.4 is 16.4 Å². The third-order valence-electron chi connectivity index (χ3n) is 3.80. The van der Waals surface area contributed by atoms with Crippen LogP contribution in [0.1, 0.15) is 15.9 Å². The smallest absolute Gasteiger partial charge is 0.321 e. The van der Waals surface area contributed by atoms with Crippen LogP contribution in [0.2, 0.25) is 0 Å². The van der Waals surface area contributed by atoms with Crippen molar-refractivity contribution in [1.82, 2.24) is 10.2 Å². The Hall–Kier alpha value is -2.90. The molecule has 26 heavy (non-hydrogen) atoms. The molecule has 3 amide bonds. The van der Waals surface area contributed by atoms with Crippen LogP contribution in [0.25, 0.3) is 0 Å². The molecule has 0 aliphatic rings. The molecule has 0 heterocycles. The molecule has 0 spiro atoms. The van der Waals surface area contributed by atoms with Gasteiger partial charge in [0, 0.05) is 37.9 Å². The molecule has 2 aromatic rings. The Kier molecular flexibility index (Phi) is 7.13. The van der Waals surface area contributed by atoms with E-state index in [1.165, 1.54) is 4.90 Å². The number of likely N-dealkylation sites (N-methyl/N-ethyl adjacent to an activating group) is 1. The van der Waals surface area contributed by atoms with E-state index in [0.717, 1.165) is 5.56 Å². The van der Waals surface area contributed by atoms with Gasteiger partial charge in [-0.05, 0) is 29.8 Å². The van der Waals surface area contributed by atoms with Gasteiger partial charge in [-0.25, -0.2) is 4.79 Å². The largest absolute Gasteiger partial charge is 0.390 e. The molecule has 0 aromatic heterocycles. The Labute approximate surface area is 152 Å². The third kappa shape index (κ3) is 5.87. The summed E-state index contributed by atoms with van der Waals surface area (Å²) in [5, 5.41) is 15.0. The standard InChI is InChI=1S/C19H24N4O3/c1-23(13-17(24)11-20)19(26)22-16-9-7-15(8-10-16)18(25)21-12-14-5-3-2-4-6-14/h2-10,17,24H,11-13,20H2,1H3,(H,21,25)(H,22,26). The SMILES string of the molecule is CN(CC(O)CN)C(=O)Nc1ccc(C(=O)NCc2ccccc2)cc1. The molecule has 0 bridgehead atoms. The van der Waals surface area contributed by atoms with E-state index in [9.17, 15) is 14.7 Å². The van der Waals surface area contributed by atoms with Crippen molar-refractivity contribution in [2.24, 2.45) is 5.73 Å². The Morgan fingerprint density at radius 3 is 2.38 bits per heavy atom. The maximum Gasteiger partial charge on any atom is 0.321 e. The second-order valence-electron chi connectivity index (χ2n) is 5.95. The van der Waals surface area contributed by atoms with Crippen LogP contribution in [0.5, 0.6) is 0 Å². The molecular weight excluding hydrogens is 332 g/mol. The van der Waals surface area contributed by atoms with Gasteiger partial charge in [-0.3, -0.25) is 4.79 Å². The summed E-state index contributed by atoms with van der Waals surface area (Å²) in [4.78, 5) is 25.5. The summed E-state index contributed by atoms with van der Waals surface area (Å²) in [5.41, 5.74) is 7.42. The highest BCUT2D eigenvalue weighted by atomic mass is 16.3. The second kappa shape index (κ2) is 9.55. The number of nitrogens with one attached hydrogen (secondary N) is 2. The van der Waals surface area contributed by atoms with Crippen molar-refractivity contribution in [3.05, 3.63) is 65.7 Å². The summed E-state index contributed by atoms with van der Waals surface area (Å²) in [5.74, 6) is -0.185. The van der Waals surface area contributed by atoms with Gasteiger partial charge in [0.25, 0.3) is 5.91 Å². The van der Waals surface area contributed by atoms with Crippen molar-refractivity contribution in [3.63, 3.8) is 0 Å². The first-order chi connectivity index (χ1) is 12.5. The molecule has 0 aliphatic carbocycles. The summed E-state index contributed by atoms with van der Waals surface area (Å²) in [7, 11) is 1.57. The Balaban J connectivity index is 1.87. The molecule has 7 heteroatoms. The molecule has 1 atom stereocenters. The Morgan fingerprint density at radius 1 is 1.12 bits per heavy atom. The number of hydrogen-bond acceptors (Lipinski definition) is 4. The fraction of sp³-hybridized carbons (Fsp3) is 0.263. The summed E-state index contributed by atoms with van der Waals surface area (Å²) < 4.78 is 0. The number of rotatable bonds is 7. The van der Waals surface area contributed by atoms with Gasteiger partial charge in [-0.2, -0.15) is 0 Å². The number of nitrogens with two attached hydrogens (primary N) is 1. The predicted octanol–water partition coefficient (Wildman–Crippen LogP) is 1.40. The first-order valence-electron chi connectivity index (χ1n) is 8.32. The van der Waals surface area contributed by atoms with E-state index >= 15 is 0 Å². The maximum atomic E-state index is 12.2. The number of aliphatic hydroxyl groups is 1. The van der Waals surface area contributed by atoms with E-state index in [-0.39, 0.29) is 25.0 Å². The molecule has 2 rings (SSSR count). The van der Waals surface area contributed by atoms with Crippen LogP contribution in [-0.4, -0.2) is 48.2 Å². The molecule has 0 aliphatic heterocycles. The number of carbonyl (C=O) groups is 2. The number of benzene rings is 2. The minimum atomic E-state index is -0.763. The van der Waals surface area contributed by atoms with Gasteiger partial charge in [-0.15, -0.1) is 0 Å². The summed E-state index contributed by atoms with van der Waals surface area (Å²) in [6.45, 7) is 0.680. The van der Waals surface area contributed by atoms with E-state index in [0.29, 0.717) is 17.8 Å². The summed E-state index contributed by atoms with van der Waals surface area (Å²) >= 11 is 0. The van der Waals surface area contributed by atoms with Gasteiger partial charge >= 0.3 is 6.03 Å². The van der Waals surface area contributed by atoms with E-state index in [2.05, 4.69) is 10.6 Å². The van der Waals surface area contributed by atoms with Gasteiger partial charge in [0.05, 0.1) is 6.10 Å². The average Bonchev–Trinajstić information content (AvgIpc) is 2.67. The van der Waals surface area contributed by atoms with Crippen LogP contribution in [0.4, 0.5) is 10.5 Å². The van der Waals surface area contributed by atoms with Crippen molar-refractivity contribution < 1.29 is 14.7 Å². The van der Waals surface area contributed by atoms with Crippen LogP contribution >= 0.6 is 0 Å². The van der Waals surface area contributed by atoms with Crippen molar-refractivity contribution in [3.8, 4) is 0 Å². The second-order valence-corrected chi connectivity index (χ2v) is 5.95. The average molecular weight is 356 g/mol. The number of nitrogens with zero attached hydrogens (tertiary/aromatic N) is 1. The molecule has 7 nitrogen and oxygen atoms in total. The van der Waals surface area contributed by atoms with Crippen LogP contribution in [0.15, 0.2) is 54.6 Å². The number of anilines is 1. The molecule has 0 radical (unpaired) electrons. The van der Waals surface area contributed by atoms with Crippen molar-refractivity contribution in [1.29, 1.82) is 0 Å². The van der Waals surface area contributed by atoms with Gasteiger partial charge in [0.1, 0.15) is 0 Å². The minimum absolute atomic E-state index is 0.0877. The minimum Gasteiger partial charge on any atom is -0.390 e.